The Bertz CT molecular complexity index is 848. The molecule has 1 aromatic heterocycles. The van der Waals surface area contributed by atoms with E-state index < -0.39 is 0 Å². The molecule has 1 saturated carbocycles. The Morgan fingerprint density at radius 2 is 1.97 bits per heavy atom. The quantitative estimate of drug-likeness (QED) is 0.553. The number of likely N-dealkylation sites (tertiary alicyclic amines) is 1. The first-order chi connectivity index (χ1) is 16.0. The van der Waals surface area contributed by atoms with Crippen LogP contribution in [-0.2, 0) is 19.2 Å². The average Bonchev–Trinajstić information content (AvgIpc) is 3.42. The summed E-state index contributed by atoms with van der Waals surface area (Å²) in [6.07, 6.45) is 12.3. The predicted octanol–water partition coefficient (Wildman–Crippen LogP) is 4.36. The van der Waals surface area contributed by atoms with Crippen molar-refractivity contribution in [2.24, 2.45) is 11.8 Å². The molecule has 3 heterocycles. The molecule has 3 aliphatic rings. The van der Waals surface area contributed by atoms with Gasteiger partial charge in [-0.05, 0) is 82.0 Å². The van der Waals surface area contributed by atoms with Gasteiger partial charge in [-0.3, -0.25) is 19.5 Å². The van der Waals surface area contributed by atoms with Crippen molar-refractivity contribution in [3.63, 3.8) is 0 Å². The largest absolute Gasteiger partial charge is 0.336 e. The highest BCUT2D eigenvalue weighted by atomic mass is 16.7. The van der Waals surface area contributed by atoms with Crippen LogP contribution in [0.1, 0.15) is 82.2 Å². The van der Waals surface area contributed by atoms with Crippen LogP contribution >= 0.6 is 0 Å². The third kappa shape index (κ3) is 6.08. The number of hydroxylamine groups is 2. The molecular weight excluding hydrogens is 418 g/mol. The molecule has 178 valence electrons. The maximum Gasteiger partial charge on any atom is 0.336 e. The van der Waals surface area contributed by atoms with Gasteiger partial charge in [0.2, 0.25) is 0 Å². The fourth-order valence-electron chi connectivity index (χ4n) is 5.46. The fourth-order valence-corrected chi connectivity index (χ4v) is 5.46. The molecule has 0 N–H and O–H groups in total. The number of Topliss-reactive ketones (excluding diaryl/α,β-unsaturated/α-hetero) is 1. The number of nitrogens with zero attached hydrogens (tertiary/aromatic N) is 3. The minimum atomic E-state index is -0.343. The molecule has 0 radical (unpaired) electrons. The number of carbonyl (C=O) groups excluding carboxylic acids is 3. The first-order valence-corrected chi connectivity index (χ1v) is 12.4. The molecule has 0 unspecified atom stereocenters. The van der Waals surface area contributed by atoms with E-state index in [1.54, 1.807) is 0 Å². The first kappa shape index (κ1) is 23.6. The Morgan fingerprint density at radius 3 is 2.67 bits per heavy atom. The lowest BCUT2D eigenvalue weighted by molar-refractivity contribution is -0.191. The second-order valence-corrected chi connectivity index (χ2v) is 9.71. The summed E-state index contributed by atoms with van der Waals surface area (Å²) in [7, 11) is 0. The number of rotatable bonds is 9. The number of pyridine rings is 1. The van der Waals surface area contributed by atoms with Crippen LogP contribution in [0.25, 0.3) is 0 Å². The van der Waals surface area contributed by atoms with E-state index in [1.807, 2.05) is 18.5 Å². The highest BCUT2D eigenvalue weighted by Crippen LogP contribution is 2.34. The number of carbonyl (C=O) groups is 3. The smallest absolute Gasteiger partial charge is 0.333 e. The predicted molar refractivity (Wildman–Crippen MR) is 123 cm³/mol. The highest BCUT2D eigenvalue weighted by molar-refractivity contribution is 5.82. The van der Waals surface area contributed by atoms with Crippen molar-refractivity contribution in [3.05, 3.63) is 42.4 Å². The summed E-state index contributed by atoms with van der Waals surface area (Å²) in [5.41, 5.74) is 1.82. The van der Waals surface area contributed by atoms with Gasteiger partial charge in [-0.1, -0.05) is 12.6 Å². The Hall–Kier alpha value is -2.54. The maximum absolute atomic E-state index is 12.6. The molecule has 1 atom stereocenters. The van der Waals surface area contributed by atoms with E-state index in [0.717, 1.165) is 43.8 Å². The second-order valence-electron chi connectivity index (χ2n) is 9.71. The number of aromatic nitrogens is 1. The van der Waals surface area contributed by atoms with E-state index in [9.17, 15) is 14.4 Å². The lowest BCUT2D eigenvalue weighted by Crippen LogP contribution is -2.32. The Kier molecular flexibility index (Phi) is 7.91. The molecule has 0 spiro atoms. The normalized spacial score (nSPS) is 26.1. The van der Waals surface area contributed by atoms with E-state index in [4.69, 9.17) is 4.84 Å². The molecule has 0 aromatic carbocycles. The van der Waals surface area contributed by atoms with Crippen LogP contribution in [0.4, 0.5) is 0 Å². The van der Waals surface area contributed by atoms with Gasteiger partial charge in [0, 0.05) is 37.7 Å². The van der Waals surface area contributed by atoms with E-state index >= 15 is 0 Å². The molecule has 1 aromatic rings. The van der Waals surface area contributed by atoms with Crippen LogP contribution < -0.4 is 0 Å². The van der Waals surface area contributed by atoms with Crippen molar-refractivity contribution in [3.8, 4) is 0 Å². The molecule has 33 heavy (non-hydrogen) atoms. The SMILES string of the molecule is C=C1CCC(=O)N1OC(=O)C1CCC(CC(=O)CCCN2CCC[C@H]2c2cccnc2)CC1. The number of hydrogen-bond acceptors (Lipinski definition) is 6. The van der Waals surface area contributed by atoms with Gasteiger partial charge in [0.25, 0.3) is 5.91 Å². The minimum absolute atomic E-state index is 0.197. The molecule has 1 amide bonds. The van der Waals surface area contributed by atoms with Gasteiger partial charge in [-0.15, -0.1) is 5.06 Å². The number of hydrogen-bond donors (Lipinski definition) is 0. The van der Waals surface area contributed by atoms with Crippen molar-refractivity contribution < 1.29 is 19.2 Å². The summed E-state index contributed by atoms with van der Waals surface area (Å²) < 4.78 is 0. The molecule has 3 fully saturated rings. The number of amides is 1. The molecule has 0 bridgehead atoms. The van der Waals surface area contributed by atoms with Crippen LogP contribution in [0, 0.1) is 11.8 Å². The van der Waals surface area contributed by atoms with Crippen LogP contribution in [0.2, 0.25) is 0 Å². The Balaban J connectivity index is 1.14. The van der Waals surface area contributed by atoms with Crippen LogP contribution in [0.15, 0.2) is 36.8 Å². The summed E-state index contributed by atoms with van der Waals surface area (Å²) in [4.78, 5) is 48.8. The van der Waals surface area contributed by atoms with E-state index in [2.05, 4.69) is 22.5 Å². The zero-order valence-electron chi connectivity index (χ0n) is 19.4. The lowest BCUT2D eigenvalue weighted by atomic mass is 9.79. The second kappa shape index (κ2) is 11.1. The van der Waals surface area contributed by atoms with Crippen LogP contribution in [0.5, 0.6) is 0 Å². The molecule has 1 aliphatic carbocycles. The van der Waals surface area contributed by atoms with Gasteiger partial charge < -0.3 is 4.84 Å². The summed E-state index contributed by atoms with van der Waals surface area (Å²) in [6, 6.07) is 4.57. The van der Waals surface area contributed by atoms with Gasteiger partial charge in [0.15, 0.2) is 0 Å². The van der Waals surface area contributed by atoms with Crippen molar-refractivity contribution in [1.29, 1.82) is 0 Å². The van der Waals surface area contributed by atoms with E-state index in [1.165, 1.54) is 12.0 Å². The summed E-state index contributed by atoms with van der Waals surface area (Å²) in [6.45, 7) is 5.82. The summed E-state index contributed by atoms with van der Waals surface area (Å²) in [5, 5.41) is 1.07. The molecule has 2 aliphatic heterocycles. The van der Waals surface area contributed by atoms with Crippen LogP contribution in [-0.4, -0.2) is 45.7 Å². The highest BCUT2D eigenvalue weighted by Gasteiger charge is 2.33. The van der Waals surface area contributed by atoms with Crippen molar-refractivity contribution >= 4 is 17.7 Å². The topological polar surface area (TPSA) is 79.8 Å². The van der Waals surface area contributed by atoms with E-state index in [-0.39, 0.29) is 17.8 Å². The van der Waals surface area contributed by atoms with Crippen molar-refractivity contribution in [1.82, 2.24) is 14.9 Å². The van der Waals surface area contributed by atoms with Gasteiger partial charge in [0.1, 0.15) is 5.78 Å². The maximum atomic E-state index is 12.6. The number of allylic oxidation sites excluding steroid dienone is 1. The standard InChI is InChI=1S/C26H35N3O4/c1-19-8-13-25(31)29(19)33-26(32)21-11-9-20(10-12-21)17-23(30)6-3-15-28-16-4-7-24(28)22-5-2-14-27-18-22/h2,5,14,18,20-21,24H,1,3-4,6-13,15-17H2/t20?,21?,24-/m0/s1. The molecule has 7 heteroatoms. The van der Waals surface area contributed by atoms with Crippen molar-refractivity contribution in [2.75, 3.05) is 13.1 Å². The first-order valence-electron chi connectivity index (χ1n) is 12.4. The van der Waals surface area contributed by atoms with Gasteiger partial charge in [0.05, 0.1) is 11.6 Å². The zero-order chi connectivity index (χ0) is 23.2. The molecular formula is C26H35N3O4. The zero-order valence-corrected chi connectivity index (χ0v) is 19.4. The van der Waals surface area contributed by atoms with Crippen molar-refractivity contribution in [2.45, 2.75) is 76.7 Å². The third-order valence-electron chi connectivity index (χ3n) is 7.35. The molecule has 4 rings (SSSR count). The van der Waals surface area contributed by atoms with E-state index in [0.29, 0.717) is 62.0 Å². The number of ketones is 1. The Labute approximate surface area is 196 Å². The summed E-state index contributed by atoms with van der Waals surface area (Å²) >= 11 is 0. The van der Waals surface area contributed by atoms with Gasteiger partial charge >= 0.3 is 5.97 Å². The third-order valence-corrected chi connectivity index (χ3v) is 7.35. The minimum Gasteiger partial charge on any atom is -0.333 e. The summed E-state index contributed by atoms with van der Waals surface area (Å²) in [5.74, 6) is -0.0626. The molecule has 7 nitrogen and oxygen atoms in total. The fraction of sp³-hybridized carbons (Fsp3) is 0.615. The van der Waals surface area contributed by atoms with Crippen LogP contribution in [0.3, 0.4) is 0 Å². The Morgan fingerprint density at radius 1 is 1.15 bits per heavy atom. The lowest BCUT2D eigenvalue weighted by Gasteiger charge is -2.28. The monoisotopic (exact) mass is 453 g/mol. The van der Waals surface area contributed by atoms with Gasteiger partial charge in [-0.25, -0.2) is 4.79 Å². The average molecular weight is 454 g/mol. The van der Waals surface area contributed by atoms with Gasteiger partial charge in [-0.2, -0.15) is 0 Å². The molecule has 2 saturated heterocycles.